The van der Waals surface area contributed by atoms with E-state index in [4.69, 9.17) is 9.47 Å². The van der Waals surface area contributed by atoms with Gasteiger partial charge in [-0.25, -0.2) is 4.98 Å². The lowest BCUT2D eigenvalue weighted by atomic mass is 10.0. The number of ether oxygens (including phenoxy) is 2. The number of hydrogen-bond donors (Lipinski definition) is 0. The molecule has 1 aromatic carbocycles. The van der Waals surface area contributed by atoms with Gasteiger partial charge in [-0.2, -0.15) is 0 Å². The SMILES string of the molecule is CO[C@H]1COCC[C@@H]1n1ccnc1-c1cccc2ncccc12. The van der Waals surface area contributed by atoms with Gasteiger partial charge in [0, 0.05) is 43.3 Å². The van der Waals surface area contributed by atoms with Crippen LogP contribution in [0.2, 0.25) is 0 Å². The fraction of sp³-hybridized carbons (Fsp3) is 0.333. The molecular formula is C18H19N3O2. The molecule has 0 N–H and O–H groups in total. The summed E-state index contributed by atoms with van der Waals surface area (Å²) in [7, 11) is 1.74. The summed E-state index contributed by atoms with van der Waals surface area (Å²) < 4.78 is 13.4. The Kier molecular flexibility index (Phi) is 3.81. The molecule has 5 heteroatoms. The van der Waals surface area contributed by atoms with Crippen molar-refractivity contribution >= 4 is 10.9 Å². The normalized spacial score (nSPS) is 21.6. The van der Waals surface area contributed by atoms with Gasteiger partial charge in [0.05, 0.1) is 18.2 Å². The van der Waals surface area contributed by atoms with E-state index in [9.17, 15) is 0 Å². The lowest BCUT2D eigenvalue weighted by Crippen LogP contribution is -2.35. The molecule has 0 bridgehead atoms. The Morgan fingerprint density at radius 1 is 1.17 bits per heavy atom. The highest BCUT2D eigenvalue weighted by molar-refractivity contribution is 5.92. The van der Waals surface area contributed by atoms with Crippen LogP contribution in [0.1, 0.15) is 12.5 Å². The molecule has 23 heavy (non-hydrogen) atoms. The first-order valence-corrected chi connectivity index (χ1v) is 7.86. The molecule has 4 rings (SSSR count). The summed E-state index contributed by atoms with van der Waals surface area (Å²) in [5.74, 6) is 0.956. The quantitative estimate of drug-likeness (QED) is 0.746. The first-order valence-electron chi connectivity index (χ1n) is 7.86. The molecule has 0 radical (unpaired) electrons. The molecule has 0 unspecified atom stereocenters. The lowest BCUT2D eigenvalue weighted by molar-refractivity contribution is -0.0597. The third-order valence-electron chi connectivity index (χ3n) is 4.48. The number of imidazole rings is 1. The molecule has 2 aromatic heterocycles. The first-order chi connectivity index (χ1) is 11.4. The van der Waals surface area contributed by atoms with Crippen molar-refractivity contribution in [3.05, 3.63) is 48.9 Å². The monoisotopic (exact) mass is 309 g/mol. The van der Waals surface area contributed by atoms with Gasteiger partial charge in [-0.1, -0.05) is 18.2 Å². The van der Waals surface area contributed by atoms with E-state index < -0.39 is 0 Å². The van der Waals surface area contributed by atoms with Crippen LogP contribution < -0.4 is 0 Å². The highest BCUT2D eigenvalue weighted by atomic mass is 16.5. The molecule has 0 saturated carbocycles. The number of rotatable bonds is 3. The van der Waals surface area contributed by atoms with Gasteiger partial charge in [0.1, 0.15) is 11.9 Å². The second kappa shape index (κ2) is 6.10. The van der Waals surface area contributed by atoms with Crippen molar-refractivity contribution in [3.63, 3.8) is 0 Å². The minimum atomic E-state index is 0.0461. The molecule has 1 saturated heterocycles. The van der Waals surface area contributed by atoms with Crippen molar-refractivity contribution in [3.8, 4) is 11.4 Å². The molecule has 1 aliphatic rings. The summed E-state index contributed by atoms with van der Waals surface area (Å²) in [6.45, 7) is 1.37. The molecule has 3 heterocycles. The highest BCUT2D eigenvalue weighted by Crippen LogP contribution is 2.32. The third-order valence-corrected chi connectivity index (χ3v) is 4.48. The summed E-state index contributed by atoms with van der Waals surface area (Å²) >= 11 is 0. The molecule has 1 aliphatic heterocycles. The molecule has 0 spiro atoms. The fourth-order valence-electron chi connectivity index (χ4n) is 3.33. The van der Waals surface area contributed by atoms with Gasteiger partial charge in [0.15, 0.2) is 0 Å². The van der Waals surface area contributed by atoms with Gasteiger partial charge in [0.2, 0.25) is 0 Å². The van der Waals surface area contributed by atoms with E-state index >= 15 is 0 Å². The molecular weight excluding hydrogens is 290 g/mol. The molecule has 118 valence electrons. The number of methoxy groups -OCH3 is 1. The van der Waals surface area contributed by atoms with Crippen molar-refractivity contribution in [2.24, 2.45) is 0 Å². The van der Waals surface area contributed by atoms with Crippen LogP contribution in [0.5, 0.6) is 0 Å². The van der Waals surface area contributed by atoms with E-state index in [1.807, 2.05) is 36.8 Å². The van der Waals surface area contributed by atoms with E-state index in [1.165, 1.54) is 0 Å². The van der Waals surface area contributed by atoms with Crippen LogP contribution in [0, 0.1) is 0 Å². The summed E-state index contributed by atoms with van der Waals surface area (Å²) in [5, 5.41) is 1.11. The van der Waals surface area contributed by atoms with Crippen molar-refractivity contribution < 1.29 is 9.47 Å². The van der Waals surface area contributed by atoms with Gasteiger partial charge >= 0.3 is 0 Å². The fourth-order valence-corrected chi connectivity index (χ4v) is 3.33. The maximum absolute atomic E-state index is 5.62. The van der Waals surface area contributed by atoms with E-state index in [0.717, 1.165) is 35.3 Å². The smallest absolute Gasteiger partial charge is 0.140 e. The van der Waals surface area contributed by atoms with Gasteiger partial charge in [-0.05, 0) is 18.6 Å². The summed E-state index contributed by atoms with van der Waals surface area (Å²) in [6, 6.07) is 10.4. The minimum Gasteiger partial charge on any atom is -0.379 e. The van der Waals surface area contributed by atoms with E-state index in [2.05, 4.69) is 26.7 Å². The summed E-state index contributed by atoms with van der Waals surface area (Å²) in [4.78, 5) is 9.06. The van der Waals surface area contributed by atoms with Crippen molar-refractivity contribution in [2.75, 3.05) is 20.3 Å². The summed E-state index contributed by atoms with van der Waals surface area (Å²) in [5.41, 5.74) is 2.08. The Hall–Kier alpha value is -2.24. The number of hydrogen-bond acceptors (Lipinski definition) is 4. The van der Waals surface area contributed by atoms with Crippen LogP contribution in [0.3, 0.4) is 0 Å². The molecule has 0 amide bonds. The zero-order chi connectivity index (χ0) is 15.6. The number of benzene rings is 1. The lowest BCUT2D eigenvalue weighted by Gasteiger charge is -2.32. The van der Waals surface area contributed by atoms with E-state index in [-0.39, 0.29) is 12.1 Å². The van der Waals surface area contributed by atoms with Crippen LogP contribution >= 0.6 is 0 Å². The van der Waals surface area contributed by atoms with Crippen molar-refractivity contribution in [1.29, 1.82) is 0 Å². The topological polar surface area (TPSA) is 49.2 Å². The van der Waals surface area contributed by atoms with Gasteiger partial charge in [0.25, 0.3) is 0 Å². The largest absolute Gasteiger partial charge is 0.379 e. The van der Waals surface area contributed by atoms with E-state index in [1.54, 1.807) is 7.11 Å². The molecule has 2 atom stereocenters. The van der Waals surface area contributed by atoms with Crippen LogP contribution in [-0.2, 0) is 9.47 Å². The van der Waals surface area contributed by atoms with Gasteiger partial charge < -0.3 is 14.0 Å². The average Bonchev–Trinajstić information content (AvgIpc) is 3.10. The molecule has 3 aromatic rings. The third kappa shape index (κ3) is 2.52. The van der Waals surface area contributed by atoms with Crippen molar-refractivity contribution in [2.45, 2.75) is 18.6 Å². The maximum atomic E-state index is 5.62. The second-order valence-electron chi connectivity index (χ2n) is 5.74. The Labute approximate surface area is 134 Å². The summed E-state index contributed by atoms with van der Waals surface area (Å²) in [6.07, 6.45) is 6.67. The molecule has 5 nitrogen and oxygen atoms in total. The Balaban J connectivity index is 1.83. The predicted octanol–water partition coefficient (Wildman–Crippen LogP) is 3.07. The molecule has 1 fully saturated rings. The Morgan fingerprint density at radius 2 is 2.13 bits per heavy atom. The number of fused-ring (bicyclic) bond motifs is 1. The second-order valence-corrected chi connectivity index (χ2v) is 5.74. The van der Waals surface area contributed by atoms with Crippen LogP contribution in [-0.4, -0.2) is 41.0 Å². The Bertz CT molecular complexity index is 809. The highest BCUT2D eigenvalue weighted by Gasteiger charge is 2.29. The van der Waals surface area contributed by atoms with Crippen LogP contribution in [0.4, 0.5) is 0 Å². The molecule has 0 aliphatic carbocycles. The Morgan fingerprint density at radius 3 is 3.04 bits per heavy atom. The minimum absolute atomic E-state index is 0.0461. The number of pyridine rings is 1. The van der Waals surface area contributed by atoms with E-state index in [0.29, 0.717) is 6.61 Å². The number of aromatic nitrogens is 3. The van der Waals surface area contributed by atoms with Gasteiger partial charge in [-0.15, -0.1) is 0 Å². The zero-order valence-corrected chi connectivity index (χ0v) is 13.1. The van der Waals surface area contributed by atoms with Gasteiger partial charge in [-0.3, -0.25) is 4.98 Å². The van der Waals surface area contributed by atoms with Crippen LogP contribution in [0.25, 0.3) is 22.3 Å². The predicted molar refractivity (Wildman–Crippen MR) is 88.2 cm³/mol. The standard InChI is InChI=1S/C18H19N3O2/c1-22-17-12-23-11-7-16(17)21-10-9-20-18(21)14-4-2-6-15-13(14)5-3-8-19-15/h2-6,8-10,16-17H,7,11-12H2,1H3/t16-,17-/m0/s1. The van der Waals surface area contributed by atoms with Crippen LogP contribution in [0.15, 0.2) is 48.9 Å². The average molecular weight is 309 g/mol. The van der Waals surface area contributed by atoms with Crippen molar-refractivity contribution in [1.82, 2.24) is 14.5 Å². The maximum Gasteiger partial charge on any atom is 0.140 e. The zero-order valence-electron chi connectivity index (χ0n) is 13.1. The first kappa shape index (κ1) is 14.4. The number of nitrogens with zero attached hydrogens (tertiary/aromatic N) is 3.